The van der Waals surface area contributed by atoms with Crippen LogP contribution in [0.5, 0.6) is 0 Å². The summed E-state index contributed by atoms with van der Waals surface area (Å²) in [6.45, 7) is 0.573. The summed E-state index contributed by atoms with van der Waals surface area (Å²) in [5.41, 5.74) is -1.62. The first kappa shape index (κ1) is 20.9. The number of carbonyl (C=O) groups excluding carboxylic acids is 1. The minimum atomic E-state index is -4.54. The highest BCUT2D eigenvalue weighted by atomic mass is 35.5. The summed E-state index contributed by atoms with van der Waals surface area (Å²) in [4.78, 5) is 23.7. The fourth-order valence-electron chi connectivity index (χ4n) is 4.61. The molecule has 2 atom stereocenters. The van der Waals surface area contributed by atoms with Gasteiger partial charge in [0.1, 0.15) is 11.3 Å². The van der Waals surface area contributed by atoms with Crippen LogP contribution in [0.3, 0.4) is 0 Å². The van der Waals surface area contributed by atoms with Gasteiger partial charge in [-0.05, 0) is 18.6 Å². The number of piperidine rings is 1. The molecular formula is C19H20ClF4N5O2. The van der Waals surface area contributed by atoms with E-state index in [4.69, 9.17) is 16.3 Å². The molecule has 2 aromatic rings. The molecule has 4 aliphatic heterocycles. The van der Waals surface area contributed by atoms with Crippen molar-refractivity contribution in [2.45, 2.75) is 36.8 Å². The quantitative estimate of drug-likeness (QED) is 0.667. The predicted octanol–water partition coefficient (Wildman–Crippen LogP) is 2.06. The van der Waals surface area contributed by atoms with Crippen LogP contribution in [0.15, 0.2) is 12.1 Å². The van der Waals surface area contributed by atoms with Gasteiger partial charge in [-0.25, -0.2) is 9.37 Å². The van der Waals surface area contributed by atoms with Crippen LogP contribution in [-0.2, 0) is 16.1 Å². The van der Waals surface area contributed by atoms with Crippen molar-refractivity contribution < 1.29 is 27.1 Å². The monoisotopic (exact) mass is 461 g/mol. The number of piperazine rings is 1. The highest BCUT2D eigenvalue weighted by molar-refractivity contribution is 6.34. The van der Waals surface area contributed by atoms with Crippen molar-refractivity contribution in [3.8, 4) is 0 Å². The first-order chi connectivity index (χ1) is 14.6. The van der Waals surface area contributed by atoms with Gasteiger partial charge in [-0.3, -0.25) is 14.6 Å². The van der Waals surface area contributed by atoms with Gasteiger partial charge in [0.2, 0.25) is 5.91 Å². The lowest BCUT2D eigenvalue weighted by atomic mass is 9.87. The summed E-state index contributed by atoms with van der Waals surface area (Å²) in [7, 11) is 0. The molecular weight excluding hydrogens is 442 g/mol. The topological polar surface area (TPSA) is 73.5 Å². The van der Waals surface area contributed by atoms with E-state index in [9.17, 15) is 22.4 Å². The summed E-state index contributed by atoms with van der Waals surface area (Å²) in [5.74, 6) is -0.509. The third-order valence-corrected chi connectivity index (χ3v) is 6.65. The molecule has 5 heterocycles. The molecule has 1 aromatic carbocycles. The molecule has 2 bridgehead atoms. The maximum absolute atomic E-state index is 13.9. The fraction of sp³-hybridized carbons (Fsp3) is 0.579. The number of alkyl halides is 3. The Morgan fingerprint density at radius 1 is 1.32 bits per heavy atom. The van der Waals surface area contributed by atoms with Crippen LogP contribution >= 0.6 is 11.6 Å². The van der Waals surface area contributed by atoms with Crippen molar-refractivity contribution in [2.24, 2.45) is 0 Å². The second kappa shape index (κ2) is 7.29. The SMILES string of the molecule is O=C(CN1C2CC1CN(Cc1nc3c(F)ccc(Cl)c3[nH]1)C2)NC1(C(F)(F)F)COC1. The zero-order valence-electron chi connectivity index (χ0n) is 16.3. The Labute approximate surface area is 179 Å². The number of hydrogen-bond acceptors (Lipinski definition) is 5. The highest BCUT2D eigenvalue weighted by Crippen LogP contribution is 2.37. The molecule has 4 aliphatic rings. The minimum absolute atomic E-state index is 0.0769. The standard InChI is InChI=1S/C19H20ClF4N5O2/c20-12-1-2-13(21)17-16(12)25-14(26-17)6-28-4-10-3-11(5-28)29(10)7-15(30)27-18(8-31-9-18)19(22,23)24/h1-2,10-11H,3-9H2,(H,25,26)(H,27,30). The number of ether oxygens (including phenoxy) is 1. The highest BCUT2D eigenvalue weighted by Gasteiger charge is 2.61. The van der Waals surface area contributed by atoms with E-state index in [1.165, 1.54) is 12.1 Å². The Balaban J connectivity index is 1.18. The van der Waals surface area contributed by atoms with E-state index in [2.05, 4.69) is 20.2 Å². The van der Waals surface area contributed by atoms with Crippen molar-refractivity contribution in [3.05, 3.63) is 28.8 Å². The molecule has 0 spiro atoms. The molecule has 0 aliphatic carbocycles. The zero-order valence-corrected chi connectivity index (χ0v) is 17.1. The maximum Gasteiger partial charge on any atom is 0.416 e. The first-order valence-corrected chi connectivity index (χ1v) is 10.3. The molecule has 31 heavy (non-hydrogen) atoms. The number of hydrogen-bond donors (Lipinski definition) is 2. The second-order valence-corrected chi connectivity index (χ2v) is 8.87. The van der Waals surface area contributed by atoms with Gasteiger partial charge in [0.05, 0.1) is 36.8 Å². The number of fused-ring (bicyclic) bond motifs is 3. The molecule has 4 saturated heterocycles. The average Bonchev–Trinajstić information content (AvgIpc) is 3.10. The van der Waals surface area contributed by atoms with E-state index in [1.807, 2.05) is 4.90 Å². The van der Waals surface area contributed by atoms with Gasteiger partial charge in [0, 0.05) is 25.2 Å². The number of imidazole rings is 1. The third kappa shape index (κ3) is 3.57. The number of halogens is 5. The number of nitrogens with one attached hydrogen (secondary N) is 2. The number of aromatic amines is 1. The molecule has 2 N–H and O–H groups in total. The van der Waals surface area contributed by atoms with Crippen LogP contribution in [0.1, 0.15) is 12.2 Å². The summed E-state index contributed by atoms with van der Waals surface area (Å²) in [6, 6.07) is 2.90. The molecule has 7 nitrogen and oxygen atoms in total. The molecule has 168 valence electrons. The molecule has 12 heteroatoms. The third-order valence-electron chi connectivity index (χ3n) is 6.33. The van der Waals surface area contributed by atoms with E-state index in [0.29, 0.717) is 36.0 Å². The Bertz CT molecular complexity index is 974. The van der Waals surface area contributed by atoms with Crippen molar-refractivity contribution in [2.75, 3.05) is 32.8 Å². The Kier molecular flexibility index (Phi) is 4.92. The molecule has 1 aromatic heterocycles. The molecule has 4 fully saturated rings. The lowest BCUT2D eigenvalue weighted by molar-refractivity contribution is -0.266. The van der Waals surface area contributed by atoms with Crippen LogP contribution in [0.2, 0.25) is 5.02 Å². The normalized spacial score (nSPS) is 25.8. The van der Waals surface area contributed by atoms with Gasteiger partial charge in [-0.2, -0.15) is 13.2 Å². The number of amides is 1. The van der Waals surface area contributed by atoms with E-state index in [0.717, 1.165) is 6.42 Å². The number of benzene rings is 1. The number of aromatic nitrogens is 2. The molecule has 2 unspecified atom stereocenters. The second-order valence-electron chi connectivity index (χ2n) is 8.47. The summed E-state index contributed by atoms with van der Waals surface area (Å²) in [5, 5.41) is 2.52. The zero-order chi connectivity index (χ0) is 22.0. The molecule has 0 saturated carbocycles. The lowest BCUT2D eigenvalue weighted by Crippen LogP contribution is -2.73. The van der Waals surface area contributed by atoms with Crippen molar-refractivity contribution in [3.63, 3.8) is 0 Å². The Morgan fingerprint density at radius 3 is 2.61 bits per heavy atom. The summed E-state index contributed by atoms with van der Waals surface area (Å²) in [6.07, 6.45) is -3.66. The van der Waals surface area contributed by atoms with Crippen LogP contribution in [0.25, 0.3) is 11.0 Å². The van der Waals surface area contributed by atoms with Crippen molar-refractivity contribution in [1.29, 1.82) is 0 Å². The molecule has 1 amide bonds. The van der Waals surface area contributed by atoms with Gasteiger partial charge >= 0.3 is 6.18 Å². The van der Waals surface area contributed by atoms with Crippen molar-refractivity contribution in [1.82, 2.24) is 25.1 Å². The van der Waals surface area contributed by atoms with Crippen LogP contribution in [0, 0.1) is 5.82 Å². The van der Waals surface area contributed by atoms with Gasteiger partial charge in [-0.15, -0.1) is 0 Å². The smallest absolute Gasteiger partial charge is 0.376 e. The molecule has 0 radical (unpaired) electrons. The largest absolute Gasteiger partial charge is 0.416 e. The van der Waals surface area contributed by atoms with Crippen LogP contribution in [-0.4, -0.2) is 82.3 Å². The Morgan fingerprint density at radius 2 is 2.03 bits per heavy atom. The number of nitrogens with zero attached hydrogens (tertiary/aromatic N) is 3. The number of rotatable bonds is 5. The number of carbonyl (C=O) groups is 1. The van der Waals surface area contributed by atoms with Gasteiger partial charge in [-0.1, -0.05) is 11.6 Å². The maximum atomic E-state index is 13.9. The first-order valence-electron chi connectivity index (χ1n) is 9.91. The van der Waals surface area contributed by atoms with Gasteiger partial charge < -0.3 is 15.0 Å². The lowest BCUT2D eigenvalue weighted by Gasteiger charge is -2.56. The minimum Gasteiger partial charge on any atom is -0.376 e. The number of H-pyrrole nitrogens is 1. The average molecular weight is 462 g/mol. The van der Waals surface area contributed by atoms with Gasteiger partial charge in [0.15, 0.2) is 11.4 Å². The van der Waals surface area contributed by atoms with Crippen LogP contribution < -0.4 is 5.32 Å². The van der Waals surface area contributed by atoms with Crippen molar-refractivity contribution >= 4 is 28.5 Å². The summed E-state index contributed by atoms with van der Waals surface area (Å²) >= 11 is 6.10. The predicted molar refractivity (Wildman–Crippen MR) is 103 cm³/mol. The fourth-order valence-corrected chi connectivity index (χ4v) is 4.81. The van der Waals surface area contributed by atoms with Gasteiger partial charge in [0.25, 0.3) is 0 Å². The summed E-state index contributed by atoms with van der Waals surface area (Å²) < 4.78 is 58.3. The molecule has 6 rings (SSSR count). The van der Waals surface area contributed by atoms with E-state index in [1.54, 1.807) is 0 Å². The van der Waals surface area contributed by atoms with E-state index < -0.39 is 36.7 Å². The van der Waals surface area contributed by atoms with E-state index in [-0.39, 0.29) is 24.1 Å². The van der Waals surface area contributed by atoms with Crippen LogP contribution in [0.4, 0.5) is 17.6 Å². The van der Waals surface area contributed by atoms with E-state index >= 15 is 0 Å². The Hall–Kier alpha value is -1.95.